The van der Waals surface area contributed by atoms with Crippen LogP contribution in [0.1, 0.15) is 42.0 Å². The quantitative estimate of drug-likeness (QED) is 0.747. The molecule has 2 aromatic rings. The summed E-state index contributed by atoms with van der Waals surface area (Å²) in [5.74, 6) is 0.581. The van der Waals surface area contributed by atoms with E-state index in [-0.39, 0.29) is 32.7 Å². The predicted molar refractivity (Wildman–Crippen MR) is 80.0 cm³/mol. The van der Waals surface area contributed by atoms with Gasteiger partial charge in [0, 0.05) is 39.3 Å². The van der Waals surface area contributed by atoms with Crippen molar-refractivity contribution in [2.75, 3.05) is 0 Å². The summed E-state index contributed by atoms with van der Waals surface area (Å²) in [7, 11) is 0. The first-order valence-electron chi connectivity index (χ1n) is 6.47. The summed E-state index contributed by atoms with van der Waals surface area (Å²) in [6, 6.07) is 18.4. The summed E-state index contributed by atoms with van der Waals surface area (Å²) >= 11 is 0. The number of rotatable bonds is 3. The van der Waals surface area contributed by atoms with Gasteiger partial charge in [0.1, 0.15) is 0 Å². The molecule has 2 rings (SSSR count). The molecule has 0 spiro atoms. The van der Waals surface area contributed by atoms with Crippen molar-refractivity contribution >= 4 is 0 Å². The third kappa shape index (κ3) is 5.57. The predicted octanol–water partition coefficient (Wildman–Crippen LogP) is 4.65. The fourth-order valence-electron chi connectivity index (χ4n) is 2.21. The van der Waals surface area contributed by atoms with E-state index in [0.717, 1.165) is 6.42 Å². The third-order valence-corrected chi connectivity index (χ3v) is 3.12. The fraction of sp³-hybridized carbons (Fsp3) is 0.278. The Morgan fingerprint density at radius 2 is 1.75 bits per heavy atom. The van der Waals surface area contributed by atoms with Crippen LogP contribution < -0.4 is 0 Å². The van der Waals surface area contributed by atoms with E-state index < -0.39 is 0 Å². The van der Waals surface area contributed by atoms with Crippen LogP contribution in [0.5, 0.6) is 0 Å². The maximum atomic E-state index is 6.50. The Morgan fingerprint density at radius 3 is 2.25 bits per heavy atom. The van der Waals surface area contributed by atoms with Crippen LogP contribution in [0, 0.1) is 24.8 Å². The molecule has 101 valence electrons. The van der Waals surface area contributed by atoms with Crippen LogP contribution >= 0.6 is 0 Å². The SMILES string of the molecule is C#N.Cc1cc(Cc2ccccc2)[c-]cc1C(C)C.[Y]. The second-order valence-corrected chi connectivity index (χ2v) is 4.91. The number of aryl methyl sites for hydroxylation is 1. The van der Waals surface area contributed by atoms with E-state index in [2.05, 4.69) is 75.9 Å². The monoisotopic (exact) mass is 339 g/mol. The van der Waals surface area contributed by atoms with Crippen molar-refractivity contribution in [3.63, 3.8) is 0 Å². The third-order valence-electron chi connectivity index (χ3n) is 3.12. The van der Waals surface area contributed by atoms with E-state index in [9.17, 15) is 0 Å². The van der Waals surface area contributed by atoms with Gasteiger partial charge in [0.05, 0.1) is 0 Å². The standard InChI is InChI=1S/C17H19.CHN.Y/c1-13(2)17-10-9-16(11-14(17)3)12-15-7-5-4-6-8-15;1-2;/h4-8,10-11,13H,12H2,1-3H3;1H;/q-1;;. The van der Waals surface area contributed by atoms with E-state index >= 15 is 0 Å². The van der Waals surface area contributed by atoms with Crippen molar-refractivity contribution in [2.24, 2.45) is 0 Å². The van der Waals surface area contributed by atoms with Gasteiger partial charge >= 0.3 is 0 Å². The Kier molecular flexibility index (Phi) is 9.39. The van der Waals surface area contributed by atoms with E-state index in [4.69, 9.17) is 5.26 Å². The molecule has 0 saturated heterocycles. The van der Waals surface area contributed by atoms with Crippen molar-refractivity contribution in [3.05, 3.63) is 70.8 Å². The Balaban J connectivity index is 0.00000115. The molecule has 0 aliphatic rings. The van der Waals surface area contributed by atoms with Gasteiger partial charge in [-0.25, -0.2) is 5.26 Å². The van der Waals surface area contributed by atoms with Crippen LogP contribution in [0.3, 0.4) is 0 Å². The average molecular weight is 339 g/mol. The van der Waals surface area contributed by atoms with Gasteiger partial charge in [-0.1, -0.05) is 57.0 Å². The van der Waals surface area contributed by atoms with Gasteiger partial charge in [0.25, 0.3) is 0 Å². The topological polar surface area (TPSA) is 23.8 Å². The molecule has 2 heteroatoms. The molecule has 0 heterocycles. The van der Waals surface area contributed by atoms with Gasteiger partial charge in [0.2, 0.25) is 0 Å². The second kappa shape index (κ2) is 9.86. The van der Waals surface area contributed by atoms with Gasteiger partial charge in [-0.3, -0.25) is 0 Å². The minimum absolute atomic E-state index is 0. The smallest absolute Gasteiger partial charge is 0.0462 e. The van der Waals surface area contributed by atoms with E-state index in [1.807, 2.05) is 0 Å². The molecule has 2 aromatic carbocycles. The Hall–Kier alpha value is -0.966. The Bertz CT molecular complexity index is 530. The summed E-state index contributed by atoms with van der Waals surface area (Å²) in [6.45, 7) is 10.2. The molecule has 20 heavy (non-hydrogen) atoms. The van der Waals surface area contributed by atoms with Crippen molar-refractivity contribution < 1.29 is 32.7 Å². The van der Waals surface area contributed by atoms with Crippen molar-refractivity contribution in [2.45, 2.75) is 33.1 Å². The molecule has 0 atom stereocenters. The number of benzene rings is 2. The average Bonchev–Trinajstić information content (AvgIpc) is 2.42. The molecular formula is C18H20NY-. The number of hydrogen-bond acceptors (Lipinski definition) is 1. The molecular weight excluding hydrogens is 319 g/mol. The van der Waals surface area contributed by atoms with E-state index in [1.54, 1.807) is 0 Å². The van der Waals surface area contributed by atoms with Crippen molar-refractivity contribution in [1.29, 1.82) is 5.26 Å². The zero-order valence-electron chi connectivity index (χ0n) is 12.4. The van der Waals surface area contributed by atoms with E-state index in [0.29, 0.717) is 5.92 Å². The minimum atomic E-state index is 0. The van der Waals surface area contributed by atoms with Crippen LogP contribution in [0.4, 0.5) is 0 Å². The number of hydrogen-bond donors (Lipinski definition) is 0. The molecule has 0 amide bonds. The maximum Gasteiger partial charge on any atom is 0.0462 e. The minimum Gasteiger partial charge on any atom is -0.202 e. The van der Waals surface area contributed by atoms with Crippen LogP contribution in [0.2, 0.25) is 0 Å². The first-order chi connectivity index (χ1) is 9.16. The first kappa shape index (κ1) is 19.0. The summed E-state index contributed by atoms with van der Waals surface area (Å²) < 4.78 is 0. The molecule has 0 bridgehead atoms. The van der Waals surface area contributed by atoms with E-state index in [1.165, 1.54) is 22.3 Å². The molecule has 0 fully saturated rings. The van der Waals surface area contributed by atoms with Gasteiger partial charge < -0.3 is 0 Å². The van der Waals surface area contributed by atoms with Crippen molar-refractivity contribution in [3.8, 4) is 6.57 Å². The number of nitrogens with zero attached hydrogens (tertiary/aromatic N) is 1. The Labute approximate surface area is 147 Å². The molecule has 0 N–H and O–H groups in total. The van der Waals surface area contributed by atoms with Crippen LogP contribution in [-0.4, -0.2) is 0 Å². The summed E-state index contributed by atoms with van der Waals surface area (Å²) in [5.41, 5.74) is 5.41. The first-order valence-corrected chi connectivity index (χ1v) is 6.47. The molecule has 0 saturated carbocycles. The largest absolute Gasteiger partial charge is 0.202 e. The summed E-state index contributed by atoms with van der Waals surface area (Å²) in [6.07, 6.45) is 0.972. The summed E-state index contributed by atoms with van der Waals surface area (Å²) in [5, 5.41) is 6.50. The van der Waals surface area contributed by atoms with Gasteiger partial charge in [0.15, 0.2) is 0 Å². The van der Waals surface area contributed by atoms with Gasteiger partial charge in [-0.05, 0) is 12.0 Å². The second-order valence-electron chi connectivity index (χ2n) is 4.91. The fourth-order valence-corrected chi connectivity index (χ4v) is 2.21. The van der Waals surface area contributed by atoms with Crippen LogP contribution in [-0.2, 0) is 39.1 Å². The zero-order chi connectivity index (χ0) is 14.3. The molecule has 1 radical (unpaired) electrons. The Morgan fingerprint density at radius 1 is 1.15 bits per heavy atom. The van der Waals surface area contributed by atoms with Crippen molar-refractivity contribution in [1.82, 2.24) is 0 Å². The van der Waals surface area contributed by atoms with Gasteiger partial charge in [-0.15, -0.1) is 0 Å². The molecule has 0 aliphatic heterocycles. The molecule has 0 unspecified atom stereocenters. The van der Waals surface area contributed by atoms with Gasteiger partial charge in [-0.2, -0.15) is 34.9 Å². The molecule has 1 nitrogen and oxygen atoms in total. The maximum absolute atomic E-state index is 6.50. The molecule has 0 aromatic heterocycles. The molecule has 0 aliphatic carbocycles. The van der Waals surface area contributed by atoms with Crippen LogP contribution in [0.15, 0.2) is 42.5 Å². The zero-order valence-corrected chi connectivity index (χ0v) is 15.3. The normalized spacial score (nSPS) is 9.30. The van der Waals surface area contributed by atoms with Crippen LogP contribution in [0.25, 0.3) is 0 Å². The number of nitriles is 1. The summed E-state index contributed by atoms with van der Waals surface area (Å²) in [4.78, 5) is 0.